The van der Waals surface area contributed by atoms with E-state index in [4.69, 9.17) is 4.74 Å². The smallest absolute Gasteiger partial charge is 0.410 e. The largest absolute Gasteiger partial charge is 0.443 e. The van der Waals surface area contributed by atoms with Crippen LogP contribution in [0.4, 0.5) is 4.79 Å². The highest BCUT2D eigenvalue weighted by Gasteiger charge is 2.41. The molecule has 2 fully saturated rings. The highest BCUT2D eigenvalue weighted by molar-refractivity contribution is 5.68. The number of rotatable bonds is 0. The Hall–Kier alpha value is -0.770. The fraction of sp³-hybridized carbons (Fsp3) is 0.900. The average molecular weight is 198 g/mol. The first-order valence-electron chi connectivity index (χ1n) is 5.24. The van der Waals surface area contributed by atoms with Gasteiger partial charge in [-0.15, -0.1) is 0 Å². The molecule has 0 radical (unpaired) electrons. The maximum absolute atomic E-state index is 11.4. The zero-order chi connectivity index (χ0) is 10.2. The summed E-state index contributed by atoms with van der Waals surface area (Å²) in [6.45, 7) is 2.91. The third kappa shape index (κ3) is 1.71. The molecule has 2 aliphatic rings. The fourth-order valence-corrected chi connectivity index (χ4v) is 2.16. The van der Waals surface area contributed by atoms with Crippen molar-refractivity contribution in [1.29, 1.82) is 0 Å². The van der Waals surface area contributed by atoms with E-state index in [1.165, 1.54) is 0 Å². The molecule has 0 aromatic carbocycles. The molecule has 1 amide bonds. The lowest BCUT2D eigenvalue weighted by Gasteiger charge is -2.44. The molecule has 2 rings (SSSR count). The van der Waals surface area contributed by atoms with Crippen LogP contribution in [0.1, 0.15) is 19.3 Å². The van der Waals surface area contributed by atoms with Crippen molar-refractivity contribution in [3.8, 4) is 0 Å². The molecule has 0 aliphatic carbocycles. The summed E-state index contributed by atoms with van der Waals surface area (Å²) in [7, 11) is 3.91. The number of ether oxygens (including phenoxy) is 1. The van der Waals surface area contributed by atoms with Crippen LogP contribution in [0.15, 0.2) is 0 Å². The fourth-order valence-electron chi connectivity index (χ4n) is 2.16. The van der Waals surface area contributed by atoms with Crippen LogP contribution in [-0.2, 0) is 4.74 Å². The van der Waals surface area contributed by atoms with Gasteiger partial charge in [0.2, 0.25) is 0 Å². The molecule has 2 aliphatic heterocycles. The first-order valence-corrected chi connectivity index (χ1v) is 5.24. The Morgan fingerprint density at radius 3 is 2.29 bits per heavy atom. The SMILES string of the molecule is CN1CCC2(CC1)CCN(C)C(=O)O2. The van der Waals surface area contributed by atoms with E-state index in [1.54, 1.807) is 11.9 Å². The Morgan fingerprint density at radius 1 is 1.14 bits per heavy atom. The van der Waals surface area contributed by atoms with E-state index in [0.717, 1.165) is 38.9 Å². The number of likely N-dealkylation sites (tertiary alicyclic amines) is 1. The van der Waals surface area contributed by atoms with Crippen molar-refractivity contribution < 1.29 is 9.53 Å². The van der Waals surface area contributed by atoms with Crippen molar-refractivity contribution in [3.63, 3.8) is 0 Å². The second-order valence-electron chi connectivity index (χ2n) is 4.53. The summed E-state index contributed by atoms with van der Waals surface area (Å²) in [4.78, 5) is 15.4. The van der Waals surface area contributed by atoms with Crippen molar-refractivity contribution in [2.24, 2.45) is 0 Å². The van der Waals surface area contributed by atoms with Gasteiger partial charge in [0.15, 0.2) is 0 Å². The quantitative estimate of drug-likeness (QED) is 0.580. The van der Waals surface area contributed by atoms with Crippen LogP contribution in [0.5, 0.6) is 0 Å². The van der Waals surface area contributed by atoms with E-state index in [0.29, 0.717) is 0 Å². The lowest BCUT2D eigenvalue weighted by atomic mass is 9.87. The maximum Gasteiger partial charge on any atom is 0.410 e. The summed E-state index contributed by atoms with van der Waals surface area (Å²) < 4.78 is 5.54. The second-order valence-corrected chi connectivity index (χ2v) is 4.53. The van der Waals surface area contributed by atoms with Crippen LogP contribution in [-0.4, -0.2) is 55.2 Å². The van der Waals surface area contributed by atoms with Gasteiger partial charge in [0.05, 0.1) is 0 Å². The van der Waals surface area contributed by atoms with E-state index in [1.807, 2.05) is 0 Å². The molecule has 0 aromatic heterocycles. The van der Waals surface area contributed by atoms with Crippen LogP contribution in [0, 0.1) is 0 Å². The number of amides is 1. The first kappa shape index (κ1) is 9.77. The molecule has 1 spiro atoms. The topological polar surface area (TPSA) is 32.8 Å². The lowest BCUT2D eigenvalue weighted by Crippen LogP contribution is -2.53. The summed E-state index contributed by atoms with van der Waals surface area (Å²) in [5.74, 6) is 0. The van der Waals surface area contributed by atoms with Crippen LogP contribution in [0.3, 0.4) is 0 Å². The van der Waals surface area contributed by atoms with Crippen molar-refractivity contribution in [2.75, 3.05) is 33.7 Å². The van der Waals surface area contributed by atoms with Gasteiger partial charge in [0.25, 0.3) is 0 Å². The number of carbonyl (C=O) groups excluding carboxylic acids is 1. The Kier molecular flexibility index (Phi) is 2.39. The number of hydrogen-bond donors (Lipinski definition) is 0. The molecule has 4 nitrogen and oxygen atoms in total. The summed E-state index contributed by atoms with van der Waals surface area (Å²) in [6, 6.07) is 0. The zero-order valence-electron chi connectivity index (χ0n) is 8.95. The van der Waals surface area contributed by atoms with Gasteiger partial charge in [0.1, 0.15) is 5.60 Å². The highest BCUT2D eigenvalue weighted by atomic mass is 16.6. The molecule has 0 aromatic rings. The first-order chi connectivity index (χ1) is 6.61. The monoisotopic (exact) mass is 198 g/mol. The van der Waals surface area contributed by atoms with Gasteiger partial charge in [-0.3, -0.25) is 0 Å². The Morgan fingerprint density at radius 2 is 1.71 bits per heavy atom. The molecule has 2 saturated heterocycles. The third-order valence-corrected chi connectivity index (χ3v) is 3.42. The minimum atomic E-state index is -0.152. The summed E-state index contributed by atoms with van der Waals surface area (Å²) in [5, 5.41) is 0. The molecule has 4 heteroatoms. The average Bonchev–Trinajstić information content (AvgIpc) is 2.18. The number of nitrogens with zero attached hydrogens (tertiary/aromatic N) is 2. The highest BCUT2D eigenvalue weighted by Crippen LogP contribution is 2.32. The predicted octanol–water partition coefficient (Wildman–Crippen LogP) is 0.923. The van der Waals surface area contributed by atoms with Gasteiger partial charge < -0.3 is 14.5 Å². The minimum Gasteiger partial charge on any atom is -0.443 e. The van der Waals surface area contributed by atoms with Crippen molar-refractivity contribution in [2.45, 2.75) is 24.9 Å². The van der Waals surface area contributed by atoms with Gasteiger partial charge in [-0.25, -0.2) is 4.79 Å². The van der Waals surface area contributed by atoms with Crippen molar-refractivity contribution in [3.05, 3.63) is 0 Å². The van der Waals surface area contributed by atoms with E-state index in [-0.39, 0.29) is 11.7 Å². The minimum absolute atomic E-state index is 0.143. The standard InChI is InChI=1S/C10H18N2O2/c1-11-6-3-10(4-7-11)5-8-12(2)9(13)14-10/h3-8H2,1-2H3. The molecular weight excluding hydrogens is 180 g/mol. The number of carbonyl (C=O) groups is 1. The van der Waals surface area contributed by atoms with Gasteiger partial charge in [-0.1, -0.05) is 0 Å². The van der Waals surface area contributed by atoms with Crippen LogP contribution in [0.2, 0.25) is 0 Å². The number of piperidine rings is 1. The summed E-state index contributed by atoms with van der Waals surface area (Å²) >= 11 is 0. The molecule has 0 atom stereocenters. The summed E-state index contributed by atoms with van der Waals surface area (Å²) in [5.41, 5.74) is -0.143. The normalized spacial score (nSPS) is 27.9. The molecule has 0 unspecified atom stereocenters. The Labute approximate surface area is 84.8 Å². The molecular formula is C10H18N2O2. The van der Waals surface area contributed by atoms with Crippen molar-refractivity contribution in [1.82, 2.24) is 9.80 Å². The van der Waals surface area contributed by atoms with E-state index >= 15 is 0 Å². The van der Waals surface area contributed by atoms with E-state index < -0.39 is 0 Å². The Bertz CT molecular complexity index is 229. The van der Waals surface area contributed by atoms with Gasteiger partial charge in [-0.2, -0.15) is 0 Å². The molecule has 0 bridgehead atoms. The molecule has 80 valence electrons. The molecule has 0 saturated carbocycles. The second kappa shape index (κ2) is 3.42. The maximum atomic E-state index is 11.4. The third-order valence-electron chi connectivity index (χ3n) is 3.42. The van der Waals surface area contributed by atoms with Crippen LogP contribution >= 0.6 is 0 Å². The molecule has 14 heavy (non-hydrogen) atoms. The van der Waals surface area contributed by atoms with Gasteiger partial charge in [-0.05, 0) is 7.05 Å². The summed E-state index contributed by atoms with van der Waals surface area (Å²) in [6.07, 6.45) is 2.82. The Balaban J connectivity index is 2.00. The molecule has 0 N–H and O–H groups in total. The van der Waals surface area contributed by atoms with E-state index in [2.05, 4.69) is 11.9 Å². The van der Waals surface area contributed by atoms with E-state index in [9.17, 15) is 4.79 Å². The van der Waals surface area contributed by atoms with Crippen LogP contribution < -0.4 is 0 Å². The molecule has 2 heterocycles. The predicted molar refractivity (Wildman–Crippen MR) is 53.2 cm³/mol. The van der Waals surface area contributed by atoms with Gasteiger partial charge in [0, 0.05) is 45.9 Å². The van der Waals surface area contributed by atoms with Crippen LogP contribution in [0.25, 0.3) is 0 Å². The van der Waals surface area contributed by atoms with Gasteiger partial charge >= 0.3 is 6.09 Å². The zero-order valence-corrected chi connectivity index (χ0v) is 8.95. The lowest BCUT2D eigenvalue weighted by molar-refractivity contribution is -0.0741. The number of hydrogen-bond acceptors (Lipinski definition) is 3. The van der Waals surface area contributed by atoms with Crippen molar-refractivity contribution >= 4 is 6.09 Å².